The Morgan fingerprint density at radius 2 is 2.13 bits per heavy atom. The Kier molecular flexibility index (Phi) is 11.3. The minimum Gasteiger partial charge on any atom is -0.469 e. The lowest BCUT2D eigenvalue weighted by molar-refractivity contribution is -0.140. The molecule has 0 saturated carbocycles. The van der Waals surface area contributed by atoms with Gasteiger partial charge in [0.2, 0.25) is 0 Å². The van der Waals surface area contributed by atoms with Gasteiger partial charge in [0, 0.05) is 13.1 Å². The third-order valence-corrected chi connectivity index (χ3v) is 1.49. The van der Waals surface area contributed by atoms with E-state index in [2.05, 4.69) is 28.9 Å². The van der Waals surface area contributed by atoms with Crippen LogP contribution in [0.15, 0.2) is 4.99 Å². The summed E-state index contributed by atoms with van der Waals surface area (Å²) in [4.78, 5) is 14.8. The van der Waals surface area contributed by atoms with Gasteiger partial charge in [-0.1, -0.05) is 13.8 Å². The minimum absolute atomic E-state index is 0. The van der Waals surface area contributed by atoms with Crippen LogP contribution in [-0.2, 0) is 9.53 Å². The predicted molar refractivity (Wildman–Crippen MR) is 71.4 cm³/mol. The molecule has 0 aliphatic rings. The fourth-order valence-electron chi connectivity index (χ4n) is 0.732. The first-order valence-electron chi connectivity index (χ1n) is 4.67. The number of rotatable bonds is 5. The third-order valence-electron chi connectivity index (χ3n) is 1.49. The number of nitrogens with zero attached hydrogens (tertiary/aromatic N) is 1. The quantitative estimate of drug-likeness (QED) is 0.337. The summed E-state index contributed by atoms with van der Waals surface area (Å²) >= 11 is 0. The zero-order chi connectivity index (χ0) is 11.0. The normalized spacial score (nSPS) is 10.8. The van der Waals surface area contributed by atoms with Crippen molar-refractivity contribution in [2.75, 3.05) is 20.2 Å². The van der Waals surface area contributed by atoms with Crippen LogP contribution in [-0.4, -0.2) is 32.1 Å². The maximum atomic E-state index is 10.7. The molecule has 5 nitrogen and oxygen atoms in total. The summed E-state index contributed by atoms with van der Waals surface area (Å²) in [5.74, 6) is 0.604. The largest absolute Gasteiger partial charge is 0.469 e. The molecule has 0 atom stereocenters. The average Bonchev–Trinajstić information content (AvgIpc) is 2.14. The van der Waals surface area contributed by atoms with E-state index in [1.54, 1.807) is 0 Å². The molecule has 3 N–H and O–H groups in total. The van der Waals surface area contributed by atoms with Gasteiger partial charge in [-0.25, -0.2) is 0 Å². The Morgan fingerprint density at radius 3 is 2.60 bits per heavy atom. The SMILES string of the molecule is COC(=O)CCNC(N)=NCC(C)C.I. The molecule has 0 aromatic rings. The lowest BCUT2D eigenvalue weighted by Crippen LogP contribution is -2.33. The number of ether oxygens (including phenoxy) is 1. The highest BCUT2D eigenvalue weighted by Crippen LogP contribution is 1.90. The number of methoxy groups -OCH3 is 1. The van der Waals surface area contributed by atoms with Crippen molar-refractivity contribution in [1.82, 2.24) is 5.32 Å². The first-order valence-corrected chi connectivity index (χ1v) is 4.67. The molecule has 90 valence electrons. The first kappa shape index (κ1) is 16.9. The summed E-state index contributed by atoms with van der Waals surface area (Å²) in [6.07, 6.45) is 0.300. The van der Waals surface area contributed by atoms with Gasteiger partial charge in [-0.3, -0.25) is 9.79 Å². The van der Waals surface area contributed by atoms with Crippen LogP contribution in [0.3, 0.4) is 0 Å². The average molecular weight is 329 g/mol. The Labute approximate surface area is 108 Å². The van der Waals surface area contributed by atoms with Gasteiger partial charge in [0.25, 0.3) is 0 Å². The zero-order valence-corrected chi connectivity index (χ0v) is 11.8. The number of hydrogen-bond donors (Lipinski definition) is 2. The smallest absolute Gasteiger partial charge is 0.307 e. The molecule has 0 aliphatic heterocycles. The highest BCUT2D eigenvalue weighted by molar-refractivity contribution is 14.0. The molecular formula is C9H20IN3O2. The number of carbonyl (C=O) groups excluding carboxylic acids is 1. The van der Waals surface area contributed by atoms with Crippen LogP contribution >= 0.6 is 24.0 Å². The molecule has 0 unspecified atom stereocenters. The van der Waals surface area contributed by atoms with Crippen molar-refractivity contribution < 1.29 is 9.53 Å². The van der Waals surface area contributed by atoms with E-state index in [9.17, 15) is 4.79 Å². The van der Waals surface area contributed by atoms with Crippen molar-refractivity contribution in [3.63, 3.8) is 0 Å². The van der Waals surface area contributed by atoms with Crippen LogP contribution in [0.2, 0.25) is 0 Å². The zero-order valence-electron chi connectivity index (χ0n) is 9.45. The second-order valence-corrected chi connectivity index (χ2v) is 3.37. The van der Waals surface area contributed by atoms with Gasteiger partial charge < -0.3 is 15.8 Å². The number of aliphatic imine (C=N–C) groups is 1. The van der Waals surface area contributed by atoms with E-state index >= 15 is 0 Å². The minimum atomic E-state index is -0.255. The lowest BCUT2D eigenvalue weighted by Gasteiger charge is -2.05. The van der Waals surface area contributed by atoms with Crippen LogP contribution in [0.4, 0.5) is 0 Å². The molecule has 15 heavy (non-hydrogen) atoms. The molecule has 0 bridgehead atoms. The summed E-state index contributed by atoms with van der Waals surface area (Å²) in [5.41, 5.74) is 5.54. The Morgan fingerprint density at radius 1 is 1.53 bits per heavy atom. The fourth-order valence-corrected chi connectivity index (χ4v) is 0.732. The number of guanidine groups is 1. The van der Waals surface area contributed by atoms with E-state index in [4.69, 9.17) is 5.73 Å². The van der Waals surface area contributed by atoms with Crippen molar-refractivity contribution in [3.8, 4) is 0 Å². The van der Waals surface area contributed by atoms with Gasteiger partial charge in [0.1, 0.15) is 0 Å². The molecule has 0 radical (unpaired) electrons. The molecule has 6 heteroatoms. The Bertz CT molecular complexity index is 208. The third kappa shape index (κ3) is 11.4. The van der Waals surface area contributed by atoms with Crippen LogP contribution in [0.25, 0.3) is 0 Å². The molecule has 0 amide bonds. The topological polar surface area (TPSA) is 76.7 Å². The van der Waals surface area contributed by atoms with E-state index in [1.807, 2.05) is 0 Å². The summed E-state index contributed by atoms with van der Waals surface area (Å²) < 4.78 is 4.47. The van der Waals surface area contributed by atoms with Crippen molar-refractivity contribution in [2.45, 2.75) is 20.3 Å². The van der Waals surface area contributed by atoms with Crippen molar-refractivity contribution in [3.05, 3.63) is 0 Å². The van der Waals surface area contributed by atoms with Crippen molar-refractivity contribution in [2.24, 2.45) is 16.6 Å². The summed E-state index contributed by atoms with van der Waals surface area (Å²) in [6, 6.07) is 0. The highest BCUT2D eigenvalue weighted by atomic mass is 127. The predicted octanol–water partition coefficient (Wildman–Crippen LogP) is 0.728. The summed E-state index contributed by atoms with van der Waals surface area (Å²) in [5, 5.41) is 2.83. The molecule has 0 aliphatic carbocycles. The molecule has 0 aromatic heterocycles. The molecule has 0 saturated heterocycles. The maximum Gasteiger partial charge on any atom is 0.307 e. The lowest BCUT2D eigenvalue weighted by atomic mass is 10.2. The molecule has 0 spiro atoms. The fraction of sp³-hybridized carbons (Fsp3) is 0.778. The standard InChI is InChI=1S/C9H19N3O2.HI/c1-7(2)6-12-9(10)11-5-4-8(13)14-3;/h7H,4-6H2,1-3H3,(H3,10,11,12);1H. The second-order valence-electron chi connectivity index (χ2n) is 3.37. The van der Waals surface area contributed by atoms with Crippen LogP contribution in [0.1, 0.15) is 20.3 Å². The number of halogens is 1. The first-order chi connectivity index (χ1) is 6.56. The summed E-state index contributed by atoms with van der Waals surface area (Å²) in [7, 11) is 1.36. The molecule has 0 aromatic carbocycles. The van der Waals surface area contributed by atoms with Gasteiger partial charge in [-0.05, 0) is 5.92 Å². The van der Waals surface area contributed by atoms with Gasteiger partial charge in [0.05, 0.1) is 13.5 Å². The molecule has 0 heterocycles. The number of nitrogens with one attached hydrogen (secondary N) is 1. The van der Waals surface area contributed by atoms with E-state index in [0.29, 0.717) is 31.4 Å². The highest BCUT2D eigenvalue weighted by Gasteiger charge is 1.99. The van der Waals surface area contributed by atoms with Crippen molar-refractivity contribution in [1.29, 1.82) is 0 Å². The maximum absolute atomic E-state index is 10.7. The van der Waals surface area contributed by atoms with Crippen LogP contribution < -0.4 is 11.1 Å². The monoisotopic (exact) mass is 329 g/mol. The number of hydrogen-bond acceptors (Lipinski definition) is 3. The van der Waals surface area contributed by atoms with Gasteiger partial charge in [-0.2, -0.15) is 0 Å². The van der Waals surface area contributed by atoms with E-state index in [0.717, 1.165) is 0 Å². The van der Waals surface area contributed by atoms with E-state index < -0.39 is 0 Å². The molecule has 0 rings (SSSR count). The van der Waals surface area contributed by atoms with Gasteiger partial charge in [-0.15, -0.1) is 24.0 Å². The Balaban J connectivity index is 0. The van der Waals surface area contributed by atoms with E-state index in [-0.39, 0.29) is 29.9 Å². The molecular weight excluding hydrogens is 309 g/mol. The Hall–Kier alpha value is -0.530. The van der Waals surface area contributed by atoms with Crippen molar-refractivity contribution >= 4 is 35.9 Å². The van der Waals surface area contributed by atoms with Gasteiger partial charge >= 0.3 is 5.97 Å². The molecule has 0 fully saturated rings. The number of carbonyl (C=O) groups is 1. The van der Waals surface area contributed by atoms with Crippen LogP contribution in [0.5, 0.6) is 0 Å². The number of nitrogens with two attached hydrogens (primary N) is 1. The second kappa shape index (κ2) is 10.0. The van der Waals surface area contributed by atoms with E-state index in [1.165, 1.54) is 7.11 Å². The number of esters is 1. The summed E-state index contributed by atoms with van der Waals surface area (Å²) in [6.45, 7) is 5.27. The van der Waals surface area contributed by atoms with Crippen LogP contribution in [0, 0.1) is 5.92 Å². The van der Waals surface area contributed by atoms with Gasteiger partial charge in [0.15, 0.2) is 5.96 Å².